The molecule has 1 fully saturated rings. The largest absolute Gasteiger partial charge is 0.497 e. The second-order valence-electron chi connectivity index (χ2n) is 8.13. The van der Waals surface area contributed by atoms with Crippen LogP contribution in [0.5, 0.6) is 5.75 Å². The zero-order valence-corrected chi connectivity index (χ0v) is 18.7. The van der Waals surface area contributed by atoms with Crippen molar-refractivity contribution >= 4 is 5.96 Å². The second-order valence-corrected chi connectivity index (χ2v) is 8.13. The van der Waals surface area contributed by atoms with Crippen LogP contribution in [-0.2, 0) is 20.0 Å². The first kappa shape index (κ1) is 22.1. The molecule has 1 heterocycles. The van der Waals surface area contributed by atoms with Crippen molar-refractivity contribution in [1.29, 1.82) is 0 Å². The number of aliphatic imine (C=N–C) groups is 1. The van der Waals surface area contributed by atoms with Gasteiger partial charge in [-0.1, -0.05) is 37.8 Å². The maximum Gasteiger partial charge on any atom is 0.191 e. The molecular formula is C23H36N6O. The predicted molar refractivity (Wildman–Crippen MR) is 121 cm³/mol. The first-order valence-corrected chi connectivity index (χ1v) is 11.2. The van der Waals surface area contributed by atoms with Gasteiger partial charge in [-0.15, -0.1) is 10.2 Å². The van der Waals surface area contributed by atoms with Crippen molar-refractivity contribution in [2.45, 2.75) is 58.4 Å². The maximum absolute atomic E-state index is 5.23. The fourth-order valence-corrected chi connectivity index (χ4v) is 3.93. The molecule has 1 saturated carbocycles. The number of guanidine groups is 1. The molecule has 0 unspecified atom stereocenters. The highest BCUT2D eigenvalue weighted by Gasteiger charge is 2.14. The molecule has 164 valence electrons. The summed E-state index contributed by atoms with van der Waals surface area (Å²) < 4.78 is 7.22. The smallest absolute Gasteiger partial charge is 0.191 e. The summed E-state index contributed by atoms with van der Waals surface area (Å²) in [4.78, 5) is 4.75. The summed E-state index contributed by atoms with van der Waals surface area (Å²) in [6.45, 7) is 4.23. The molecule has 3 rings (SSSR count). The third-order valence-corrected chi connectivity index (χ3v) is 5.98. The van der Waals surface area contributed by atoms with Crippen LogP contribution in [0.25, 0.3) is 0 Å². The molecule has 2 N–H and O–H groups in total. The predicted octanol–water partition coefficient (Wildman–Crippen LogP) is 3.38. The van der Waals surface area contributed by atoms with E-state index in [0.717, 1.165) is 48.8 Å². The Morgan fingerprint density at radius 2 is 1.87 bits per heavy atom. The van der Waals surface area contributed by atoms with Crippen molar-refractivity contribution in [3.8, 4) is 5.75 Å². The summed E-state index contributed by atoms with van der Waals surface area (Å²) in [7, 11) is 3.67. The van der Waals surface area contributed by atoms with Gasteiger partial charge in [-0.25, -0.2) is 4.99 Å². The van der Waals surface area contributed by atoms with Gasteiger partial charge in [0.1, 0.15) is 18.1 Å². The van der Waals surface area contributed by atoms with Crippen molar-refractivity contribution in [3.05, 3.63) is 41.5 Å². The van der Waals surface area contributed by atoms with E-state index in [-0.39, 0.29) is 0 Å². The molecule has 1 aliphatic rings. The van der Waals surface area contributed by atoms with Crippen molar-refractivity contribution in [2.75, 3.05) is 20.2 Å². The van der Waals surface area contributed by atoms with E-state index in [0.29, 0.717) is 6.54 Å². The lowest BCUT2D eigenvalue weighted by Gasteiger charge is -2.14. The number of aryl methyl sites for hydroxylation is 1. The minimum absolute atomic E-state index is 0.512. The Hall–Kier alpha value is -2.57. The number of hydrogen-bond acceptors (Lipinski definition) is 4. The van der Waals surface area contributed by atoms with Gasteiger partial charge in [0.25, 0.3) is 0 Å². The van der Waals surface area contributed by atoms with Crippen LogP contribution in [0.1, 0.15) is 55.7 Å². The molecule has 1 aliphatic carbocycles. The van der Waals surface area contributed by atoms with E-state index in [2.05, 4.69) is 33.0 Å². The first-order chi connectivity index (χ1) is 14.7. The van der Waals surface area contributed by atoms with E-state index in [9.17, 15) is 0 Å². The molecule has 1 aromatic carbocycles. The average molecular weight is 413 g/mol. The Morgan fingerprint density at radius 1 is 1.13 bits per heavy atom. The Morgan fingerprint density at radius 3 is 2.53 bits per heavy atom. The summed E-state index contributed by atoms with van der Waals surface area (Å²) in [5.41, 5.74) is 1.27. The lowest BCUT2D eigenvalue weighted by molar-refractivity contribution is 0.414. The Balaban J connectivity index is 1.50. The van der Waals surface area contributed by atoms with Gasteiger partial charge < -0.3 is 19.9 Å². The van der Waals surface area contributed by atoms with Gasteiger partial charge in [0.15, 0.2) is 11.8 Å². The minimum atomic E-state index is 0.512. The summed E-state index contributed by atoms with van der Waals surface area (Å²) in [5.74, 6) is 4.43. The van der Waals surface area contributed by atoms with E-state index < -0.39 is 0 Å². The van der Waals surface area contributed by atoms with Crippen molar-refractivity contribution < 1.29 is 4.74 Å². The van der Waals surface area contributed by atoms with Crippen LogP contribution in [0.3, 0.4) is 0 Å². The average Bonchev–Trinajstić information content (AvgIpc) is 3.40. The number of ether oxygens (including phenoxy) is 1. The molecule has 0 amide bonds. The molecule has 0 spiro atoms. The zero-order valence-electron chi connectivity index (χ0n) is 18.7. The van der Waals surface area contributed by atoms with E-state index in [1.165, 1.54) is 44.1 Å². The number of rotatable bonds is 10. The van der Waals surface area contributed by atoms with E-state index in [1.807, 2.05) is 30.7 Å². The maximum atomic E-state index is 5.23. The van der Waals surface area contributed by atoms with Crippen molar-refractivity contribution in [1.82, 2.24) is 25.4 Å². The van der Waals surface area contributed by atoms with E-state index >= 15 is 0 Å². The molecule has 0 aliphatic heterocycles. The van der Waals surface area contributed by atoms with Gasteiger partial charge in [0.2, 0.25) is 0 Å². The normalized spacial score (nSPS) is 14.8. The van der Waals surface area contributed by atoms with Gasteiger partial charge in [0.05, 0.1) is 7.11 Å². The molecule has 0 radical (unpaired) electrons. The standard InChI is InChI=1S/C23H36N6O/c1-18-27-28-22(29(18)2)17-26-23(24-15-6-9-19-7-4-5-8-19)25-16-14-20-10-12-21(30-3)13-11-20/h10-13,19H,4-9,14-17H2,1-3H3,(H2,24,25,26). The third kappa shape index (κ3) is 6.75. The molecule has 7 heteroatoms. The molecule has 1 aromatic heterocycles. The lowest BCUT2D eigenvalue weighted by atomic mass is 10.0. The highest BCUT2D eigenvalue weighted by molar-refractivity contribution is 5.79. The van der Waals surface area contributed by atoms with Crippen LogP contribution < -0.4 is 15.4 Å². The molecular weight excluding hydrogens is 376 g/mol. The molecule has 2 aromatic rings. The van der Waals surface area contributed by atoms with E-state index in [4.69, 9.17) is 9.73 Å². The van der Waals surface area contributed by atoms with Crippen LogP contribution in [0.15, 0.2) is 29.3 Å². The van der Waals surface area contributed by atoms with Crippen LogP contribution in [0, 0.1) is 12.8 Å². The highest BCUT2D eigenvalue weighted by Crippen LogP contribution is 2.28. The Labute approximate surface area is 180 Å². The van der Waals surface area contributed by atoms with Crippen LogP contribution in [0.2, 0.25) is 0 Å². The number of nitrogens with zero attached hydrogens (tertiary/aromatic N) is 4. The lowest BCUT2D eigenvalue weighted by Crippen LogP contribution is -2.39. The minimum Gasteiger partial charge on any atom is -0.497 e. The molecule has 0 atom stereocenters. The SMILES string of the molecule is COc1ccc(CCNC(=NCc2nnc(C)n2C)NCCCC2CCCC2)cc1. The molecule has 0 bridgehead atoms. The van der Waals surface area contributed by atoms with Gasteiger partial charge in [0, 0.05) is 20.1 Å². The van der Waals surface area contributed by atoms with E-state index in [1.54, 1.807) is 7.11 Å². The fourth-order valence-electron chi connectivity index (χ4n) is 3.93. The summed E-state index contributed by atoms with van der Waals surface area (Å²) in [6, 6.07) is 8.22. The monoisotopic (exact) mass is 412 g/mol. The van der Waals surface area contributed by atoms with Crippen molar-refractivity contribution in [3.63, 3.8) is 0 Å². The molecule has 0 saturated heterocycles. The summed E-state index contributed by atoms with van der Waals surface area (Å²) in [6.07, 6.45) is 9.07. The Kier molecular flexibility index (Phi) is 8.53. The Bertz CT molecular complexity index is 793. The summed E-state index contributed by atoms with van der Waals surface area (Å²) >= 11 is 0. The zero-order chi connectivity index (χ0) is 21.2. The number of methoxy groups -OCH3 is 1. The third-order valence-electron chi connectivity index (χ3n) is 5.98. The quantitative estimate of drug-likeness (QED) is 0.355. The highest BCUT2D eigenvalue weighted by atomic mass is 16.5. The van der Waals surface area contributed by atoms with Crippen molar-refractivity contribution in [2.24, 2.45) is 18.0 Å². The molecule has 7 nitrogen and oxygen atoms in total. The number of benzene rings is 1. The molecule has 30 heavy (non-hydrogen) atoms. The van der Waals surface area contributed by atoms with Gasteiger partial charge in [-0.05, 0) is 49.8 Å². The van der Waals surface area contributed by atoms with Gasteiger partial charge in [-0.2, -0.15) is 0 Å². The fraction of sp³-hybridized carbons (Fsp3) is 0.609. The summed E-state index contributed by atoms with van der Waals surface area (Å²) in [5, 5.41) is 15.3. The van der Waals surface area contributed by atoms with Crippen LogP contribution in [0.4, 0.5) is 0 Å². The van der Waals surface area contributed by atoms with Gasteiger partial charge in [-0.3, -0.25) is 0 Å². The number of aromatic nitrogens is 3. The topological polar surface area (TPSA) is 76.4 Å². The van der Waals surface area contributed by atoms with Crippen LogP contribution >= 0.6 is 0 Å². The first-order valence-electron chi connectivity index (χ1n) is 11.2. The second kappa shape index (κ2) is 11.6. The number of hydrogen-bond donors (Lipinski definition) is 2. The van der Waals surface area contributed by atoms with Crippen LogP contribution in [-0.4, -0.2) is 40.9 Å². The number of nitrogens with one attached hydrogen (secondary N) is 2. The van der Waals surface area contributed by atoms with Gasteiger partial charge >= 0.3 is 0 Å².